The van der Waals surface area contributed by atoms with Crippen molar-refractivity contribution in [3.63, 3.8) is 0 Å². The van der Waals surface area contributed by atoms with Gasteiger partial charge in [0.05, 0.1) is 18.1 Å². The Morgan fingerprint density at radius 1 is 1.25 bits per heavy atom. The summed E-state index contributed by atoms with van der Waals surface area (Å²) in [6.07, 6.45) is -0.959. The highest BCUT2D eigenvalue weighted by Gasteiger charge is 2.26. The summed E-state index contributed by atoms with van der Waals surface area (Å²) in [5, 5.41) is 1.90. The Hall–Kier alpha value is -2.17. The number of imide groups is 1. The van der Waals surface area contributed by atoms with E-state index in [2.05, 4.69) is 0 Å². The van der Waals surface area contributed by atoms with Crippen LogP contribution in [0.5, 0.6) is 5.75 Å². The zero-order chi connectivity index (χ0) is 17.7. The van der Waals surface area contributed by atoms with Crippen LogP contribution in [0.2, 0.25) is 0 Å². The van der Waals surface area contributed by atoms with Crippen molar-refractivity contribution in [2.24, 2.45) is 5.73 Å². The lowest BCUT2D eigenvalue weighted by Gasteiger charge is -2.26. The predicted molar refractivity (Wildman–Crippen MR) is 83.8 cm³/mol. The Morgan fingerprint density at radius 3 is 2.38 bits per heavy atom. The summed E-state index contributed by atoms with van der Waals surface area (Å²) in [5.74, 6) is -0.393. The van der Waals surface area contributed by atoms with E-state index < -0.39 is 28.1 Å². The average Bonchev–Trinajstić information content (AvgIpc) is 2.55. The van der Waals surface area contributed by atoms with Crippen LogP contribution >= 0.6 is 0 Å². The van der Waals surface area contributed by atoms with Crippen molar-refractivity contribution < 1.29 is 27.5 Å². The van der Waals surface area contributed by atoms with Crippen LogP contribution in [0.25, 0.3) is 0 Å². The molecule has 0 bridgehead atoms. The van der Waals surface area contributed by atoms with Gasteiger partial charge in [0.1, 0.15) is 5.75 Å². The number of nitrogens with zero attached hydrogens (tertiary/aromatic N) is 1. The van der Waals surface area contributed by atoms with Gasteiger partial charge >= 0.3 is 6.03 Å². The lowest BCUT2D eigenvalue weighted by molar-refractivity contribution is -0.126. The molecule has 1 aliphatic heterocycles. The summed E-state index contributed by atoms with van der Waals surface area (Å²) in [4.78, 5) is 22.3. The highest BCUT2D eigenvalue weighted by atomic mass is 32.2. The molecule has 1 atom stereocenters. The van der Waals surface area contributed by atoms with Gasteiger partial charge in [-0.3, -0.25) is 10.1 Å². The van der Waals surface area contributed by atoms with Gasteiger partial charge in [-0.05, 0) is 31.2 Å². The second kappa shape index (κ2) is 7.60. The lowest BCUT2D eigenvalue weighted by atomic mass is 10.3. The molecule has 9 nitrogen and oxygen atoms in total. The fourth-order valence-corrected chi connectivity index (χ4v) is 3.51. The SMILES string of the molecule is C[C@H](Oc1ccc(S(=O)(=O)N2CCOCC2)cc1)C(=O)NC(N)=O. The molecule has 1 aromatic rings. The summed E-state index contributed by atoms with van der Waals surface area (Å²) in [6.45, 7) is 2.80. The van der Waals surface area contributed by atoms with Crippen molar-refractivity contribution in [2.75, 3.05) is 26.3 Å². The van der Waals surface area contributed by atoms with E-state index in [0.717, 1.165) is 0 Å². The number of nitrogens with two attached hydrogens (primary N) is 1. The van der Waals surface area contributed by atoms with E-state index in [4.69, 9.17) is 15.2 Å². The Morgan fingerprint density at radius 2 is 1.83 bits per heavy atom. The lowest BCUT2D eigenvalue weighted by Crippen LogP contribution is -2.42. The summed E-state index contributed by atoms with van der Waals surface area (Å²) in [6, 6.07) is 4.72. The first-order chi connectivity index (χ1) is 11.3. The van der Waals surface area contributed by atoms with Crippen LogP contribution in [0.1, 0.15) is 6.92 Å². The topological polar surface area (TPSA) is 128 Å². The number of rotatable bonds is 5. The minimum absolute atomic E-state index is 0.131. The van der Waals surface area contributed by atoms with Crippen LogP contribution in [0, 0.1) is 0 Å². The third kappa shape index (κ3) is 4.43. The Balaban J connectivity index is 2.04. The van der Waals surface area contributed by atoms with Gasteiger partial charge in [-0.25, -0.2) is 13.2 Å². The second-order valence-corrected chi connectivity index (χ2v) is 7.04. The average molecular weight is 357 g/mol. The standard InChI is InChI=1S/C14H19N3O6S/c1-10(13(18)16-14(15)19)23-11-2-4-12(5-3-11)24(20,21)17-6-8-22-9-7-17/h2-5,10H,6-9H2,1H3,(H3,15,16,18,19)/t10-/m0/s1. The number of amides is 3. The quantitative estimate of drug-likeness (QED) is 0.742. The van der Waals surface area contributed by atoms with Crippen molar-refractivity contribution in [3.8, 4) is 5.75 Å². The van der Waals surface area contributed by atoms with Gasteiger partial charge < -0.3 is 15.2 Å². The Bertz CT molecular complexity index is 698. The van der Waals surface area contributed by atoms with E-state index in [1.54, 1.807) is 0 Å². The first kappa shape index (κ1) is 18.2. The van der Waals surface area contributed by atoms with Gasteiger partial charge in [0.2, 0.25) is 10.0 Å². The number of hydrogen-bond acceptors (Lipinski definition) is 6. The third-order valence-corrected chi connectivity index (χ3v) is 5.27. The number of nitrogens with one attached hydrogen (secondary N) is 1. The smallest absolute Gasteiger partial charge is 0.318 e. The minimum Gasteiger partial charge on any atom is -0.481 e. The number of urea groups is 1. The summed E-state index contributed by atoms with van der Waals surface area (Å²) >= 11 is 0. The normalized spacial score (nSPS) is 17.0. The monoisotopic (exact) mass is 357 g/mol. The van der Waals surface area contributed by atoms with Crippen LogP contribution < -0.4 is 15.8 Å². The molecule has 0 saturated carbocycles. The van der Waals surface area contributed by atoms with Gasteiger partial charge in [0.15, 0.2) is 6.10 Å². The molecular weight excluding hydrogens is 338 g/mol. The Labute approximate surface area is 139 Å². The van der Waals surface area contributed by atoms with Crippen molar-refractivity contribution in [1.82, 2.24) is 9.62 Å². The summed E-state index contributed by atoms with van der Waals surface area (Å²) in [5.41, 5.74) is 4.86. The molecule has 1 aromatic carbocycles. The Kier molecular flexibility index (Phi) is 5.75. The maximum absolute atomic E-state index is 12.5. The first-order valence-electron chi connectivity index (χ1n) is 7.25. The molecule has 1 aliphatic rings. The molecule has 0 radical (unpaired) electrons. The van der Waals surface area contributed by atoms with Crippen LogP contribution in [-0.4, -0.2) is 57.1 Å². The fraction of sp³-hybridized carbons (Fsp3) is 0.429. The molecule has 10 heteroatoms. The molecule has 0 aromatic heterocycles. The van der Waals surface area contributed by atoms with Crippen molar-refractivity contribution in [3.05, 3.63) is 24.3 Å². The molecule has 24 heavy (non-hydrogen) atoms. The van der Waals surface area contributed by atoms with Crippen molar-refractivity contribution in [2.45, 2.75) is 17.9 Å². The number of carbonyl (C=O) groups excluding carboxylic acids is 2. The molecular formula is C14H19N3O6S. The molecule has 3 amide bonds. The minimum atomic E-state index is -3.58. The number of carbonyl (C=O) groups is 2. The number of benzene rings is 1. The maximum Gasteiger partial charge on any atom is 0.318 e. The largest absolute Gasteiger partial charge is 0.481 e. The maximum atomic E-state index is 12.5. The fourth-order valence-electron chi connectivity index (χ4n) is 2.11. The molecule has 0 unspecified atom stereocenters. The zero-order valence-corrected chi connectivity index (χ0v) is 13.9. The first-order valence-corrected chi connectivity index (χ1v) is 8.69. The van der Waals surface area contributed by atoms with Gasteiger partial charge in [0, 0.05) is 13.1 Å². The summed E-state index contributed by atoms with van der Waals surface area (Å²) in [7, 11) is -3.58. The number of hydrogen-bond donors (Lipinski definition) is 2. The van der Waals surface area contributed by atoms with E-state index in [1.165, 1.54) is 35.5 Å². The highest BCUT2D eigenvalue weighted by Crippen LogP contribution is 2.21. The number of sulfonamides is 1. The molecule has 2 rings (SSSR count). The van der Waals surface area contributed by atoms with Gasteiger partial charge in [-0.15, -0.1) is 0 Å². The molecule has 0 spiro atoms. The van der Waals surface area contributed by atoms with Gasteiger partial charge in [-0.2, -0.15) is 4.31 Å². The highest BCUT2D eigenvalue weighted by molar-refractivity contribution is 7.89. The van der Waals surface area contributed by atoms with Gasteiger partial charge in [-0.1, -0.05) is 0 Å². The third-order valence-electron chi connectivity index (χ3n) is 3.36. The van der Waals surface area contributed by atoms with E-state index in [-0.39, 0.29) is 4.90 Å². The van der Waals surface area contributed by atoms with E-state index in [9.17, 15) is 18.0 Å². The van der Waals surface area contributed by atoms with Crippen LogP contribution in [0.15, 0.2) is 29.2 Å². The predicted octanol–water partition coefficient (Wildman–Crippen LogP) is -0.330. The second-order valence-electron chi connectivity index (χ2n) is 5.10. The molecule has 0 aliphatic carbocycles. The van der Waals surface area contributed by atoms with E-state index in [0.29, 0.717) is 32.1 Å². The summed E-state index contributed by atoms with van der Waals surface area (Å²) < 4.78 is 36.8. The van der Waals surface area contributed by atoms with Crippen LogP contribution in [0.3, 0.4) is 0 Å². The van der Waals surface area contributed by atoms with Gasteiger partial charge in [0.25, 0.3) is 5.91 Å². The molecule has 1 heterocycles. The molecule has 1 saturated heterocycles. The molecule has 132 valence electrons. The number of primary amides is 1. The van der Waals surface area contributed by atoms with Crippen molar-refractivity contribution in [1.29, 1.82) is 0 Å². The zero-order valence-electron chi connectivity index (χ0n) is 13.1. The van der Waals surface area contributed by atoms with Crippen LogP contribution in [-0.2, 0) is 19.6 Å². The molecule has 3 N–H and O–H groups in total. The number of morpholine rings is 1. The van der Waals surface area contributed by atoms with E-state index >= 15 is 0 Å². The molecule has 1 fully saturated rings. The van der Waals surface area contributed by atoms with E-state index in [1.807, 2.05) is 5.32 Å². The van der Waals surface area contributed by atoms with Crippen molar-refractivity contribution >= 4 is 22.0 Å². The van der Waals surface area contributed by atoms with Crippen LogP contribution in [0.4, 0.5) is 4.79 Å². The number of ether oxygens (including phenoxy) is 2.